The minimum atomic E-state index is -0.713. The Balaban J connectivity index is 1.77. The predicted molar refractivity (Wildman–Crippen MR) is 78.9 cm³/mol. The van der Waals surface area contributed by atoms with Crippen molar-refractivity contribution in [2.75, 3.05) is 0 Å². The second-order valence-electron chi connectivity index (χ2n) is 4.42. The Morgan fingerprint density at radius 2 is 1.43 bits per heavy atom. The van der Waals surface area contributed by atoms with Crippen molar-refractivity contribution in [1.82, 2.24) is 0 Å². The summed E-state index contributed by atoms with van der Waals surface area (Å²) >= 11 is 0. The zero-order valence-corrected chi connectivity index (χ0v) is 11.4. The molecule has 0 aliphatic rings. The van der Waals surface area contributed by atoms with Gasteiger partial charge in [-0.05, 0) is 11.1 Å². The summed E-state index contributed by atoms with van der Waals surface area (Å²) < 4.78 is 10.0. The highest BCUT2D eigenvalue weighted by Crippen LogP contribution is 2.07. The number of amidine groups is 1. The first-order chi connectivity index (χ1) is 10.1. The number of hydrogen-bond donors (Lipinski definition) is 2. The molecular weight excluding hydrogens is 268 g/mol. The maximum absolute atomic E-state index is 11.5. The molecule has 3 N–H and O–H groups in total. The van der Waals surface area contributed by atoms with Crippen LogP contribution in [-0.2, 0) is 22.7 Å². The molecule has 0 aromatic heterocycles. The Labute approximate surface area is 122 Å². The lowest BCUT2D eigenvalue weighted by Gasteiger charge is -2.07. The lowest BCUT2D eigenvalue weighted by molar-refractivity contribution is 0.0446. The number of nitrogen functional groups attached to an aromatic ring is 1. The van der Waals surface area contributed by atoms with Crippen LogP contribution in [0.2, 0.25) is 0 Å². The van der Waals surface area contributed by atoms with Crippen molar-refractivity contribution >= 4 is 12.0 Å². The third-order valence-corrected chi connectivity index (χ3v) is 2.82. The van der Waals surface area contributed by atoms with E-state index in [1.807, 2.05) is 30.3 Å². The van der Waals surface area contributed by atoms with Gasteiger partial charge in [0, 0.05) is 5.56 Å². The number of rotatable bonds is 5. The number of nitrogens with one attached hydrogen (secondary N) is 1. The molecule has 21 heavy (non-hydrogen) atoms. The Hall–Kier alpha value is -2.82. The molecule has 0 saturated carbocycles. The van der Waals surface area contributed by atoms with Gasteiger partial charge < -0.3 is 15.2 Å². The van der Waals surface area contributed by atoms with Crippen molar-refractivity contribution in [1.29, 1.82) is 5.41 Å². The average Bonchev–Trinajstić information content (AvgIpc) is 2.52. The van der Waals surface area contributed by atoms with E-state index in [4.69, 9.17) is 20.6 Å². The van der Waals surface area contributed by atoms with Crippen LogP contribution >= 0.6 is 0 Å². The van der Waals surface area contributed by atoms with Crippen molar-refractivity contribution in [2.45, 2.75) is 13.2 Å². The Kier molecular flexibility index (Phi) is 4.93. The topological polar surface area (TPSA) is 85.4 Å². The second-order valence-corrected chi connectivity index (χ2v) is 4.42. The van der Waals surface area contributed by atoms with Crippen molar-refractivity contribution in [3.63, 3.8) is 0 Å². The van der Waals surface area contributed by atoms with Crippen LogP contribution in [-0.4, -0.2) is 12.0 Å². The standard InChI is InChI=1S/C16H16N2O3/c17-15(18)14-8-6-13(7-9-14)11-21-16(19)20-10-12-4-2-1-3-5-12/h1-9H,10-11H2,(H3,17,18). The summed E-state index contributed by atoms with van der Waals surface area (Å²) in [5, 5.41) is 7.28. The molecule has 0 spiro atoms. The van der Waals surface area contributed by atoms with Gasteiger partial charge in [0.15, 0.2) is 0 Å². The molecule has 2 aromatic rings. The fourth-order valence-corrected chi connectivity index (χ4v) is 1.68. The summed E-state index contributed by atoms with van der Waals surface area (Å²) in [5.74, 6) is 0.00439. The van der Waals surface area contributed by atoms with E-state index in [1.165, 1.54) is 0 Å². The monoisotopic (exact) mass is 284 g/mol. The number of nitrogens with two attached hydrogens (primary N) is 1. The van der Waals surface area contributed by atoms with E-state index in [0.29, 0.717) is 5.56 Å². The molecule has 0 aliphatic heterocycles. The molecule has 0 radical (unpaired) electrons. The van der Waals surface area contributed by atoms with Crippen LogP contribution in [0.1, 0.15) is 16.7 Å². The van der Waals surface area contributed by atoms with Gasteiger partial charge in [-0.15, -0.1) is 0 Å². The lowest BCUT2D eigenvalue weighted by Crippen LogP contribution is -2.11. The number of hydrogen-bond acceptors (Lipinski definition) is 4. The van der Waals surface area contributed by atoms with Crippen LogP contribution in [0.4, 0.5) is 4.79 Å². The van der Waals surface area contributed by atoms with E-state index in [9.17, 15) is 4.79 Å². The molecule has 2 rings (SSSR count). The van der Waals surface area contributed by atoms with Gasteiger partial charge in [-0.3, -0.25) is 5.41 Å². The van der Waals surface area contributed by atoms with E-state index in [1.54, 1.807) is 24.3 Å². The third-order valence-electron chi connectivity index (χ3n) is 2.82. The van der Waals surface area contributed by atoms with Gasteiger partial charge >= 0.3 is 6.16 Å². The zero-order valence-electron chi connectivity index (χ0n) is 11.4. The van der Waals surface area contributed by atoms with Gasteiger partial charge in [0.25, 0.3) is 0 Å². The number of benzene rings is 2. The largest absolute Gasteiger partial charge is 0.508 e. The van der Waals surface area contributed by atoms with Gasteiger partial charge in [-0.1, -0.05) is 54.6 Å². The Morgan fingerprint density at radius 3 is 1.95 bits per heavy atom. The molecule has 0 aliphatic carbocycles. The smallest absolute Gasteiger partial charge is 0.429 e. The van der Waals surface area contributed by atoms with E-state index in [2.05, 4.69) is 0 Å². The normalized spacial score (nSPS) is 9.90. The molecule has 0 fully saturated rings. The lowest BCUT2D eigenvalue weighted by atomic mass is 10.1. The van der Waals surface area contributed by atoms with Gasteiger partial charge in [0.05, 0.1) is 0 Å². The van der Waals surface area contributed by atoms with Crippen LogP contribution in [0.3, 0.4) is 0 Å². The minimum absolute atomic E-state index is 0.00439. The zero-order chi connectivity index (χ0) is 15.1. The van der Waals surface area contributed by atoms with Gasteiger partial charge in [0.1, 0.15) is 19.0 Å². The van der Waals surface area contributed by atoms with Gasteiger partial charge in [-0.25, -0.2) is 4.79 Å². The molecular formula is C16H16N2O3. The summed E-state index contributed by atoms with van der Waals surface area (Å²) in [7, 11) is 0. The van der Waals surface area contributed by atoms with Crippen molar-refractivity contribution in [2.24, 2.45) is 5.73 Å². The molecule has 2 aromatic carbocycles. The molecule has 5 nitrogen and oxygen atoms in total. The quantitative estimate of drug-likeness (QED) is 0.502. The fourth-order valence-electron chi connectivity index (χ4n) is 1.68. The molecule has 0 amide bonds. The van der Waals surface area contributed by atoms with Crippen LogP contribution in [0.15, 0.2) is 54.6 Å². The number of carbonyl (C=O) groups is 1. The summed E-state index contributed by atoms with van der Waals surface area (Å²) in [6, 6.07) is 16.3. The third kappa shape index (κ3) is 4.65. The number of ether oxygens (including phenoxy) is 2. The molecule has 0 unspecified atom stereocenters. The summed E-state index contributed by atoms with van der Waals surface area (Å²) in [6.45, 7) is 0.300. The first kappa shape index (κ1) is 14.6. The van der Waals surface area contributed by atoms with E-state index >= 15 is 0 Å². The highest BCUT2D eigenvalue weighted by atomic mass is 16.7. The first-order valence-electron chi connectivity index (χ1n) is 6.42. The van der Waals surface area contributed by atoms with Crippen LogP contribution in [0.25, 0.3) is 0 Å². The molecule has 0 heterocycles. The Bertz CT molecular complexity index is 609. The Morgan fingerprint density at radius 1 is 0.905 bits per heavy atom. The van der Waals surface area contributed by atoms with Crippen molar-refractivity contribution in [3.8, 4) is 0 Å². The average molecular weight is 284 g/mol. The summed E-state index contributed by atoms with van der Waals surface area (Å²) in [4.78, 5) is 11.5. The van der Waals surface area contributed by atoms with E-state index in [-0.39, 0.29) is 19.0 Å². The van der Waals surface area contributed by atoms with Crippen molar-refractivity contribution < 1.29 is 14.3 Å². The summed E-state index contributed by atoms with van der Waals surface area (Å²) in [5.41, 5.74) is 7.69. The van der Waals surface area contributed by atoms with Crippen LogP contribution in [0.5, 0.6) is 0 Å². The highest BCUT2D eigenvalue weighted by molar-refractivity contribution is 5.94. The summed E-state index contributed by atoms with van der Waals surface area (Å²) in [6.07, 6.45) is -0.713. The molecule has 0 atom stereocenters. The second kappa shape index (κ2) is 7.09. The molecule has 0 bridgehead atoms. The van der Waals surface area contributed by atoms with E-state index < -0.39 is 6.16 Å². The minimum Gasteiger partial charge on any atom is -0.429 e. The number of carbonyl (C=O) groups excluding carboxylic acids is 1. The van der Waals surface area contributed by atoms with Crippen LogP contribution in [0, 0.1) is 5.41 Å². The molecule has 5 heteroatoms. The van der Waals surface area contributed by atoms with Crippen molar-refractivity contribution in [3.05, 3.63) is 71.3 Å². The maximum atomic E-state index is 11.5. The van der Waals surface area contributed by atoms with E-state index in [0.717, 1.165) is 11.1 Å². The fraction of sp³-hybridized carbons (Fsp3) is 0.125. The molecule has 108 valence electrons. The first-order valence-corrected chi connectivity index (χ1v) is 6.42. The SMILES string of the molecule is N=C(N)c1ccc(COC(=O)OCc2ccccc2)cc1. The predicted octanol–water partition coefficient (Wildman–Crippen LogP) is 2.82. The molecule has 0 saturated heterocycles. The maximum Gasteiger partial charge on any atom is 0.508 e. The highest BCUT2D eigenvalue weighted by Gasteiger charge is 2.05. The van der Waals surface area contributed by atoms with Gasteiger partial charge in [-0.2, -0.15) is 0 Å². The van der Waals surface area contributed by atoms with Crippen LogP contribution < -0.4 is 5.73 Å². The van der Waals surface area contributed by atoms with Gasteiger partial charge in [0.2, 0.25) is 0 Å².